The van der Waals surface area contributed by atoms with Gasteiger partial charge in [-0.1, -0.05) is 23.2 Å². The zero-order chi connectivity index (χ0) is 13.7. The predicted molar refractivity (Wildman–Crippen MR) is 83.4 cm³/mol. The van der Waals surface area contributed by atoms with Gasteiger partial charge in [0.2, 0.25) is 0 Å². The smallest absolute Gasteiger partial charge is 0.0654 e. The zero-order valence-corrected chi connectivity index (χ0v) is 12.6. The second-order valence-corrected chi connectivity index (χ2v) is 5.76. The number of piperazine rings is 1. The van der Waals surface area contributed by atoms with E-state index in [-0.39, 0.29) is 0 Å². The Kier molecular flexibility index (Phi) is 5.76. The number of hydrogen-bond acceptors (Lipinski definition) is 3. The first kappa shape index (κ1) is 14.9. The van der Waals surface area contributed by atoms with Gasteiger partial charge in [-0.2, -0.15) is 0 Å². The van der Waals surface area contributed by atoms with Gasteiger partial charge >= 0.3 is 0 Å². The molecule has 0 spiro atoms. The highest BCUT2D eigenvalue weighted by Gasteiger charge is 2.18. The topological polar surface area (TPSA) is 32.5 Å². The molecule has 0 bridgehead atoms. The van der Waals surface area contributed by atoms with Crippen molar-refractivity contribution in [2.75, 3.05) is 44.2 Å². The molecule has 1 aromatic carbocycles. The summed E-state index contributed by atoms with van der Waals surface area (Å²) in [5, 5.41) is 1.43. The third-order valence-corrected chi connectivity index (χ3v) is 4.09. The molecule has 0 radical (unpaired) electrons. The summed E-state index contributed by atoms with van der Waals surface area (Å²) in [4.78, 5) is 4.83. The normalized spacial score (nSPS) is 16.9. The standard InChI is InChI=1S/C14H21Cl2N3/c15-12-3-4-14(13(16)11-12)19-9-7-18(8-10-19)6-2-1-5-17/h3-4,11H,1-2,5-10,17H2. The maximum Gasteiger partial charge on any atom is 0.0654 e. The first-order valence-electron chi connectivity index (χ1n) is 6.83. The van der Waals surface area contributed by atoms with E-state index >= 15 is 0 Å². The Balaban J connectivity index is 1.85. The van der Waals surface area contributed by atoms with E-state index in [0.717, 1.165) is 56.4 Å². The molecule has 5 heteroatoms. The van der Waals surface area contributed by atoms with E-state index in [9.17, 15) is 0 Å². The highest BCUT2D eigenvalue weighted by molar-refractivity contribution is 6.36. The van der Waals surface area contributed by atoms with Gasteiger partial charge in [-0.15, -0.1) is 0 Å². The number of nitrogens with zero attached hydrogens (tertiary/aromatic N) is 2. The SMILES string of the molecule is NCCCCN1CCN(c2ccc(Cl)cc2Cl)CC1. The summed E-state index contributed by atoms with van der Waals surface area (Å²) in [7, 11) is 0. The van der Waals surface area contributed by atoms with Gasteiger partial charge in [0.15, 0.2) is 0 Å². The summed E-state index contributed by atoms with van der Waals surface area (Å²) in [6.45, 7) is 6.15. The molecule has 1 fully saturated rings. The maximum atomic E-state index is 6.25. The highest BCUT2D eigenvalue weighted by Crippen LogP contribution is 2.29. The molecule has 1 aromatic rings. The second-order valence-electron chi connectivity index (χ2n) is 4.92. The van der Waals surface area contributed by atoms with Crippen molar-refractivity contribution in [2.24, 2.45) is 5.73 Å². The van der Waals surface area contributed by atoms with Crippen LogP contribution >= 0.6 is 23.2 Å². The molecule has 0 atom stereocenters. The average Bonchev–Trinajstić information content (AvgIpc) is 2.40. The van der Waals surface area contributed by atoms with Crippen LogP contribution < -0.4 is 10.6 Å². The van der Waals surface area contributed by atoms with Crippen LogP contribution in [-0.4, -0.2) is 44.2 Å². The lowest BCUT2D eigenvalue weighted by Gasteiger charge is -2.36. The third-order valence-electron chi connectivity index (χ3n) is 3.55. The van der Waals surface area contributed by atoms with E-state index in [1.807, 2.05) is 18.2 Å². The van der Waals surface area contributed by atoms with E-state index in [4.69, 9.17) is 28.9 Å². The summed E-state index contributed by atoms with van der Waals surface area (Å²) in [5.74, 6) is 0. The molecule has 2 rings (SSSR count). The van der Waals surface area contributed by atoms with Gasteiger partial charge in [0.05, 0.1) is 10.7 Å². The van der Waals surface area contributed by atoms with Crippen LogP contribution in [0.2, 0.25) is 10.0 Å². The molecule has 0 saturated carbocycles. The Labute approximate surface area is 125 Å². The van der Waals surface area contributed by atoms with Crippen LogP contribution in [0.15, 0.2) is 18.2 Å². The fourth-order valence-electron chi connectivity index (χ4n) is 2.43. The number of benzene rings is 1. The van der Waals surface area contributed by atoms with E-state index in [0.29, 0.717) is 5.02 Å². The highest BCUT2D eigenvalue weighted by atomic mass is 35.5. The van der Waals surface area contributed by atoms with Crippen LogP contribution in [0.1, 0.15) is 12.8 Å². The van der Waals surface area contributed by atoms with Crippen molar-refractivity contribution < 1.29 is 0 Å². The minimum Gasteiger partial charge on any atom is -0.368 e. The molecular weight excluding hydrogens is 281 g/mol. The molecule has 0 unspecified atom stereocenters. The van der Waals surface area contributed by atoms with Gasteiger partial charge in [0.1, 0.15) is 0 Å². The van der Waals surface area contributed by atoms with E-state index in [2.05, 4.69) is 9.80 Å². The minimum absolute atomic E-state index is 0.689. The van der Waals surface area contributed by atoms with Gasteiger partial charge in [0.25, 0.3) is 0 Å². The van der Waals surface area contributed by atoms with Crippen LogP contribution in [0, 0.1) is 0 Å². The fourth-order valence-corrected chi connectivity index (χ4v) is 2.96. The maximum absolute atomic E-state index is 6.25. The van der Waals surface area contributed by atoms with Gasteiger partial charge < -0.3 is 10.6 Å². The molecule has 3 nitrogen and oxygen atoms in total. The molecule has 19 heavy (non-hydrogen) atoms. The summed E-state index contributed by atoms with van der Waals surface area (Å²) < 4.78 is 0. The lowest BCUT2D eigenvalue weighted by molar-refractivity contribution is 0.253. The van der Waals surface area contributed by atoms with Crippen molar-refractivity contribution in [3.63, 3.8) is 0 Å². The Morgan fingerprint density at radius 1 is 1.05 bits per heavy atom. The molecule has 1 heterocycles. The van der Waals surface area contributed by atoms with E-state index in [1.54, 1.807) is 0 Å². The molecule has 1 aliphatic heterocycles. The monoisotopic (exact) mass is 301 g/mol. The molecule has 1 aliphatic rings. The zero-order valence-electron chi connectivity index (χ0n) is 11.1. The molecule has 1 saturated heterocycles. The molecule has 2 N–H and O–H groups in total. The second kappa shape index (κ2) is 7.34. The molecule has 0 aliphatic carbocycles. The third kappa shape index (κ3) is 4.25. The molecule has 106 valence electrons. The number of hydrogen-bond donors (Lipinski definition) is 1. The molecular formula is C14H21Cl2N3. The average molecular weight is 302 g/mol. The van der Waals surface area contributed by atoms with Gasteiger partial charge in [-0.05, 0) is 44.1 Å². The summed E-state index contributed by atoms with van der Waals surface area (Å²) in [6, 6.07) is 5.72. The van der Waals surface area contributed by atoms with Crippen LogP contribution in [0.4, 0.5) is 5.69 Å². The van der Waals surface area contributed by atoms with E-state index < -0.39 is 0 Å². The number of halogens is 2. The van der Waals surface area contributed by atoms with E-state index in [1.165, 1.54) is 6.42 Å². The van der Waals surface area contributed by atoms with Gasteiger partial charge in [-0.3, -0.25) is 4.90 Å². The number of unbranched alkanes of at least 4 members (excludes halogenated alkanes) is 1. The summed E-state index contributed by atoms with van der Waals surface area (Å²) in [5.41, 5.74) is 6.61. The Morgan fingerprint density at radius 3 is 2.42 bits per heavy atom. The first-order chi connectivity index (χ1) is 9.20. The van der Waals surface area contributed by atoms with Crippen molar-refractivity contribution in [1.29, 1.82) is 0 Å². The lowest BCUT2D eigenvalue weighted by atomic mass is 10.2. The van der Waals surface area contributed by atoms with Crippen LogP contribution in [0.5, 0.6) is 0 Å². The van der Waals surface area contributed by atoms with Crippen molar-refractivity contribution in [1.82, 2.24) is 4.90 Å². The Morgan fingerprint density at radius 2 is 1.79 bits per heavy atom. The van der Waals surface area contributed by atoms with Gasteiger partial charge in [-0.25, -0.2) is 0 Å². The minimum atomic E-state index is 0.689. The van der Waals surface area contributed by atoms with Crippen LogP contribution in [-0.2, 0) is 0 Å². The molecule has 0 amide bonds. The molecule has 0 aromatic heterocycles. The quantitative estimate of drug-likeness (QED) is 0.849. The number of nitrogens with two attached hydrogens (primary N) is 1. The fraction of sp³-hybridized carbons (Fsp3) is 0.571. The largest absolute Gasteiger partial charge is 0.368 e. The predicted octanol–water partition coefficient (Wildman–Crippen LogP) is 2.85. The van der Waals surface area contributed by atoms with Crippen molar-refractivity contribution >= 4 is 28.9 Å². The lowest BCUT2D eigenvalue weighted by Crippen LogP contribution is -2.46. The van der Waals surface area contributed by atoms with Gasteiger partial charge in [0, 0.05) is 31.2 Å². The summed E-state index contributed by atoms with van der Waals surface area (Å²) in [6.07, 6.45) is 2.31. The number of anilines is 1. The van der Waals surface area contributed by atoms with Crippen molar-refractivity contribution in [2.45, 2.75) is 12.8 Å². The Hall–Kier alpha value is -0.480. The summed E-state index contributed by atoms with van der Waals surface area (Å²) >= 11 is 12.2. The first-order valence-corrected chi connectivity index (χ1v) is 7.58. The number of rotatable bonds is 5. The van der Waals surface area contributed by atoms with Crippen LogP contribution in [0.3, 0.4) is 0 Å². The Bertz CT molecular complexity index is 404. The van der Waals surface area contributed by atoms with Crippen LogP contribution in [0.25, 0.3) is 0 Å². The van der Waals surface area contributed by atoms with Crippen molar-refractivity contribution in [3.8, 4) is 0 Å². The van der Waals surface area contributed by atoms with Crippen molar-refractivity contribution in [3.05, 3.63) is 28.2 Å².